The number of carbonyl (C=O) groups excluding carboxylic acids is 1. The van der Waals surface area contributed by atoms with Crippen LogP contribution in [0.2, 0.25) is 5.02 Å². The molecule has 23 heavy (non-hydrogen) atoms. The molecule has 0 aliphatic carbocycles. The van der Waals surface area contributed by atoms with Gasteiger partial charge in [-0.2, -0.15) is 8.78 Å². The molecule has 0 spiro atoms. The molecule has 0 fully saturated rings. The lowest BCUT2D eigenvalue weighted by molar-refractivity contribution is -0.111. The van der Waals surface area contributed by atoms with E-state index in [1.807, 2.05) is 0 Å². The van der Waals surface area contributed by atoms with Gasteiger partial charge in [-0.05, 0) is 35.9 Å². The van der Waals surface area contributed by atoms with Crippen LogP contribution in [0, 0.1) is 5.82 Å². The van der Waals surface area contributed by atoms with E-state index in [9.17, 15) is 18.0 Å². The van der Waals surface area contributed by atoms with Crippen LogP contribution < -0.4 is 5.32 Å². The molecule has 0 aliphatic rings. The first-order valence-corrected chi connectivity index (χ1v) is 7.69. The molecule has 0 aromatic heterocycles. The molecule has 2 aromatic carbocycles. The first kappa shape index (κ1) is 17.4. The minimum atomic E-state index is -2.58. The van der Waals surface area contributed by atoms with E-state index in [2.05, 4.69) is 5.32 Å². The number of amides is 1. The summed E-state index contributed by atoms with van der Waals surface area (Å²) in [5.74, 6) is -3.62. The average molecular weight is 358 g/mol. The summed E-state index contributed by atoms with van der Waals surface area (Å²) in [6, 6.07) is 10.3. The van der Waals surface area contributed by atoms with Crippen molar-refractivity contribution < 1.29 is 18.0 Å². The highest BCUT2D eigenvalue weighted by Crippen LogP contribution is 2.31. The fourth-order valence-corrected chi connectivity index (χ4v) is 2.52. The predicted octanol–water partition coefficient (Wildman–Crippen LogP) is 5.45. The zero-order chi connectivity index (χ0) is 16.8. The fourth-order valence-electron chi connectivity index (χ4n) is 1.73. The monoisotopic (exact) mass is 357 g/mol. The number of hydrogen-bond acceptors (Lipinski definition) is 2. The van der Waals surface area contributed by atoms with Gasteiger partial charge in [0.15, 0.2) is 0 Å². The number of nitrogens with one attached hydrogen (secondary N) is 1. The van der Waals surface area contributed by atoms with Crippen LogP contribution in [0.5, 0.6) is 0 Å². The Morgan fingerprint density at radius 3 is 2.65 bits per heavy atom. The maximum atomic E-state index is 13.0. The number of hydrogen-bond donors (Lipinski definition) is 1. The first-order chi connectivity index (χ1) is 11.0. The van der Waals surface area contributed by atoms with E-state index in [0.29, 0.717) is 23.0 Å². The van der Waals surface area contributed by atoms with Crippen molar-refractivity contribution in [3.05, 3.63) is 64.9 Å². The number of benzene rings is 2. The topological polar surface area (TPSA) is 29.1 Å². The van der Waals surface area contributed by atoms with Crippen molar-refractivity contribution >= 4 is 41.0 Å². The lowest BCUT2D eigenvalue weighted by atomic mass is 10.2. The summed E-state index contributed by atoms with van der Waals surface area (Å²) in [6.45, 7) is 0. The molecule has 0 bridgehead atoms. The second-order valence-corrected chi connectivity index (χ2v) is 5.81. The van der Waals surface area contributed by atoms with Crippen LogP contribution in [0.4, 0.5) is 18.9 Å². The van der Waals surface area contributed by atoms with Gasteiger partial charge < -0.3 is 5.32 Å². The molecule has 0 saturated heterocycles. The van der Waals surface area contributed by atoms with Crippen molar-refractivity contribution in [2.45, 2.75) is 10.7 Å². The highest BCUT2D eigenvalue weighted by Gasteiger charge is 2.10. The van der Waals surface area contributed by atoms with Gasteiger partial charge in [0.1, 0.15) is 5.82 Å². The molecule has 1 amide bonds. The van der Waals surface area contributed by atoms with Crippen molar-refractivity contribution in [2.24, 2.45) is 0 Å². The fraction of sp³-hybridized carbons (Fsp3) is 0.0625. The lowest BCUT2D eigenvalue weighted by Gasteiger charge is -2.08. The van der Waals surface area contributed by atoms with Gasteiger partial charge in [-0.25, -0.2) is 4.39 Å². The highest BCUT2D eigenvalue weighted by atomic mass is 35.5. The van der Waals surface area contributed by atoms with E-state index in [1.54, 1.807) is 12.1 Å². The molecule has 0 saturated carbocycles. The number of carbonyl (C=O) groups is 1. The standard InChI is InChI=1S/C16H11ClF3NOS/c17-11-9-10(5-7-12(11)18)6-8-15(22)21-13-3-1-2-4-14(13)23-16(19)20/h1-9,16H,(H,21,22)/b8-6+. The van der Waals surface area contributed by atoms with Gasteiger partial charge in [-0.3, -0.25) is 4.79 Å². The van der Waals surface area contributed by atoms with Crippen molar-refractivity contribution in [1.29, 1.82) is 0 Å². The Hall–Kier alpha value is -1.92. The SMILES string of the molecule is O=C(/C=C/c1ccc(F)c(Cl)c1)Nc1ccccc1SC(F)F. The molecule has 0 unspecified atom stereocenters. The Balaban J connectivity index is 2.07. The van der Waals surface area contributed by atoms with Crippen molar-refractivity contribution in [3.63, 3.8) is 0 Å². The van der Waals surface area contributed by atoms with Crippen LogP contribution in [-0.4, -0.2) is 11.7 Å². The molecule has 120 valence electrons. The van der Waals surface area contributed by atoms with Crippen LogP contribution in [-0.2, 0) is 4.79 Å². The van der Waals surface area contributed by atoms with E-state index in [-0.39, 0.29) is 9.92 Å². The Labute approximate surface area is 140 Å². The predicted molar refractivity (Wildman–Crippen MR) is 87.4 cm³/mol. The summed E-state index contributed by atoms with van der Waals surface area (Å²) >= 11 is 6.00. The largest absolute Gasteiger partial charge is 0.321 e. The van der Waals surface area contributed by atoms with Gasteiger partial charge in [-0.1, -0.05) is 41.6 Å². The van der Waals surface area contributed by atoms with Crippen LogP contribution >= 0.6 is 23.4 Å². The van der Waals surface area contributed by atoms with Gasteiger partial charge in [-0.15, -0.1) is 0 Å². The second-order valence-electron chi connectivity index (χ2n) is 4.37. The van der Waals surface area contributed by atoms with Gasteiger partial charge in [0, 0.05) is 11.0 Å². The highest BCUT2D eigenvalue weighted by molar-refractivity contribution is 7.99. The Kier molecular flexibility index (Phi) is 6.12. The number of anilines is 1. The number of para-hydroxylation sites is 1. The molecule has 0 heterocycles. The maximum absolute atomic E-state index is 13.0. The minimum absolute atomic E-state index is 0.0498. The Bertz CT molecular complexity index is 737. The normalized spacial score (nSPS) is 11.2. The van der Waals surface area contributed by atoms with Crippen LogP contribution in [0.15, 0.2) is 53.4 Å². The van der Waals surface area contributed by atoms with Crippen LogP contribution in [0.3, 0.4) is 0 Å². The molecule has 2 rings (SSSR count). The number of alkyl halides is 2. The van der Waals surface area contributed by atoms with E-state index in [1.165, 1.54) is 42.5 Å². The third-order valence-corrected chi connectivity index (χ3v) is 3.81. The number of rotatable bonds is 5. The van der Waals surface area contributed by atoms with E-state index < -0.39 is 17.5 Å². The maximum Gasteiger partial charge on any atom is 0.288 e. The molecule has 2 aromatic rings. The Morgan fingerprint density at radius 2 is 1.96 bits per heavy atom. The summed E-state index contributed by atoms with van der Waals surface area (Å²) in [6.07, 6.45) is 2.66. The third-order valence-electron chi connectivity index (χ3n) is 2.73. The van der Waals surface area contributed by atoms with E-state index >= 15 is 0 Å². The van der Waals surface area contributed by atoms with Gasteiger partial charge in [0.2, 0.25) is 5.91 Å². The molecule has 1 N–H and O–H groups in total. The zero-order valence-corrected chi connectivity index (χ0v) is 13.2. The summed E-state index contributed by atoms with van der Waals surface area (Å²) in [5, 5.41) is 2.48. The van der Waals surface area contributed by atoms with Gasteiger partial charge >= 0.3 is 0 Å². The lowest BCUT2D eigenvalue weighted by Crippen LogP contribution is -2.08. The van der Waals surface area contributed by atoms with Gasteiger partial charge in [0.25, 0.3) is 5.76 Å². The van der Waals surface area contributed by atoms with E-state index in [4.69, 9.17) is 11.6 Å². The number of halogens is 4. The molecule has 7 heteroatoms. The zero-order valence-electron chi connectivity index (χ0n) is 11.6. The van der Waals surface area contributed by atoms with Crippen molar-refractivity contribution in [2.75, 3.05) is 5.32 Å². The quantitative estimate of drug-likeness (QED) is 0.569. The first-order valence-electron chi connectivity index (χ1n) is 6.43. The second kappa shape index (κ2) is 8.08. The molecule has 2 nitrogen and oxygen atoms in total. The molecule has 0 atom stereocenters. The summed E-state index contributed by atoms with van der Waals surface area (Å²) in [5.41, 5.74) is 0.839. The smallest absolute Gasteiger partial charge is 0.288 e. The molecule has 0 radical (unpaired) electrons. The minimum Gasteiger partial charge on any atom is -0.321 e. The van der Waals surface area contributed by atoms with Crippen molar-refractivity contribution in [1.82, 2.24) is 0 Å². The van der Waals surface area contributed by atoms with Crippen LogP contribution in [0.1, 0.15) is 5.56 Å². The van der Waals surface area contributed by atoms with Crippen LogP contribution in [0.25, 0.3) is 6.08 Å². The average Bonchev–Trinajstić information content (AvgIpc) is 2.50. The van der Waals surface area contributed by atoms with Gasteiger partial charge in [0.05, 0.1) is 10.7 Å². The summed E-state index contributed by atoms with van der Waals surface area (Å²) in [7, 11) is 0. The van der Waals surface area contributed by atoms with Crippen molar-refractivity contribution in [3.8, 4) is 0 Å². The molecule has 0 aliphatic heterocycles. The molecular weight excluding hydrogens is 347 g/mol. The number of thioether (sulfide) groups is 1. The summed E-state index contributed by atoms with van der Waals surface area (Å²) < 4.78 is 38.0. The van der Waals surface area contributed by atoms with E-state index in [0.717, 1.165) is 0 Å². The molecular formula is C16H11ClF3NOS. The Morgan fingerprint density at radius 1 is 1.22 bits per heavy atom. The summed E-state index contributed by atoms with van der Waals surface area (Å²) in [4.78, 5) is 12.1. The third kappa shape index (κ3) is 5.33.